The minimum Gasteiger partial charge on any atom is -0.496 e. The van der Waals surface area contributed by atoms with Gasteiger partial charge in [0.2, 0.25) is 0 Å². The number of ether oxygens (including phenoxy) is 1. The van der Waals surface area contributed by atoms with E-state index in [0.29, 0.717) is 11.8 Å². The van der Waals surface area contributed by atoms with E-state index in [0.717, 1.165) is 38.2 Å². The minimum atomic E-state index is -0.291. The molecule has 1 saturated heterocycles. The fraction of sp³-hybridized carbons (Fsp3) is 0.591. The first-order valence-electron chi connectivity index (χ1n) is 10.3. The molecule has 0 amide bonds. The lowest BCUT2D eigenvalue weighted by molar-refractivity contribution is 0.0306. The van der Waals surface area contributed by atoms with Gasteiger partial charge in [-0.05, 0) is 67.2 Å². The molecule has 0 unspecified atom stereocenters. The Kier molecular flexibility index (Phi) is 4.44. The van der Waals surface area contributed by atoms with Crippen molar-refractivity contribution < 1.29 is 9.84 Å². The summed E-state index contributed by atoms with van der Waals surface area (Å²) >= 11 is 0. The summed E-state index contributed by atoms with van der Waals surface area (Å²) in [6.07, 6.45) is 9.06. The molecule has 5 rings (SSSR count). The van der Waals surface area contributed by atoms with E-state index in [1.165, 1.54) is 36.0 Å². The molecular formula is C22H29N3O2. The SMILES string of the molecule is COc1cc2c(cc1CN1C[C@H]3C[C@@H](n4cccn4)[C@H](O)C[C@H]3C1)CCC2. The number of methoxy groups -OCH3 is 1. The van der Waals surface area contributed by atoms with Crippen LogP contribution in [-0.2, 0) is 19.4 Å². The zero-order valence-corrected chi connectivity index (χ0v) is 16.1. The monoisotopic (exact) mass is 367 g/mol. The maximum Gasteiger partial charge on any atom is 0.123 e. The molecule has 5 heteroatoms. The third-order valence-corrected chi connectivity index (χ3v) is 6.94. The lowest BCUT2D eigenvalue weighted by Gasteiger charge is -2.35. The van der Waals surface area contributed by atoms with Crippen molar-refractivity contribution in [3.8, 4) is 5.75 Å². The molecule has 144 valence electrons. The van der Waals surface area contributed by atoms with Crippen LogP contribution in [-0.4, -0.2) is 46.1 Å². The van der Waals surface area contributed by atoms with Gasteiger partial charge in [-0.3, -0.25) is 9.58 Å². The van der Waals surface area contributed by atoms with Crippen LogP contribution in [0.2, 0.25) is 0 Å². The minimum absolute atomic E-state index is 0.121. The molecule has 2 fully saturated rings. The van der Waals surface area contributed by atoms with Gasteiger partial charge < -0.3 is 9.84 Å². The second kappa shape index (κ2) is 6.95. The fourth-order valence-electron chi connectivity index (χ4n) is 5.60. The van der Waals surface area contributed by atoms with Crippen LogP contribution >= 0.6 is 0 Å². The standard InChI is InChI=1S/C22H29N3O2/c1-27-22-11-16-5-2-4-15(16)8-19(22)14-24-12-17-9-20(25-7-3-6-23-25)21(26)10-18(17)13-24/h3,6-8,11,17-18,20-21,26H,2,4-5,9-10,12-14H2,1H3/t17-,18+,20-,21-/m1/s1. The second-order valence-corrected chi connectivity index (χ2v) is 8.59. The van der Waals surface area contributed by atoms with E-state index in [1.54, 1.807) is 13.3 Å². The number of fused-ring (bicyclic) bond motifs is 2. The molecule has 1 aromatic heterocycles. The summed E-state index contributed by atoms with van der Waals surface area (Å²) in [5, 5.41) is 15.0. The fourth-order valence-corrected chi connectivity index (χ4v) is 5.60. The van der Waals surface area contributed by atoms with E-state index >= 15 is 0 Å². The lowest BCUT2D eigenvalue weighted by atomic mass is 9.77. The van der Waals surface area contributed by atoms with Crippen LogP contribution in [0.3, 0.4) is 0 Å². The number of aromatic nitrogens is 2. The van der Waals surface area contributed by atoms with E-state index in [1.807, 2.05) is 16.9 Å². The van der Waals surface area contributed by atoms with Crippen molar-refractivity contribution in [1.29, 1.82) is 0 Å². The van der Waals surface area contributed by atoms with Gasteiger partial charge >= 0.3 is 0 Å². The molecule has 2 aromatic rings. The number of nitrogens with zero attached hydrogens (tertiary/aromatic N) is 3. The van der Waals surface area contributed by atoms with E-state index in [9.17, 15) is 5.11 Å². The van der Waals surface area contributed by atoms with Crippen molar-refractivity contribution in [2.75, 3.05) is 20.2 Å². The van der Waals surface area contributed by atoms with Gasteiger partial charge in [0.05, 0.1) is 19.3 Å². The van der Waals surface area contributed by atoms with Crippen molar-refractivity contribution in [2.24, 2.45) is 11.8 Å². The molecule has 2 aliphatic carbocycles. The molecular weight excluding hydrogens is 338 g/mol. The van der Waals surface area contributed by atoms with Gasteiger partial charge in [0, 0.05) is 37.6 Å². The van der Waals surface area contributed by atoms with Gasteiger partial charge in [-0.25, -0.2) is 0 Å². The van der Waals surface area contributed by atoms with Crippen LogP contribution in [0.15, 0.2) is 30.6 Å². The van der Waals surface area contributed by atoms with Gasteiger partial charge in [-0.2, -0.15) is 5.10 Å². The van der Waals surface area contributed by atoms with E-state index in [-0.39, 0.29) is 12.1 Å². The van der Waals surface area contributed by atoms with Crippen LogP contribution in [0.25, 0.3) is 0 Å². The highest BCUT2D eigenvalue weighted by Crippen LogP contribution is 2.42. The summed E-state index contributed by atoms with van der Waals surface area (Å²) < 4.78 is 7.66. The average molecular weight is 367 g/mol. The van der Waals surface area contributed by atoms with Crippen LogP contribution < -0.4 is 4.74 Å². The van der Waals surface area contributed by atoms with Gasteiger partial charge in [0.1, 0.15) is 5.75 Å². The van der Waals surface area contributed by atoms with Crippen molar-refractivity contribution in [3.63, 3.8) is 0 Å². The number of hydrogen-bond acceptors (Lipinski definition) is 4. The third-order valence-electron chi connectivity index (χ3n) is 6.94. The van der Waals surface area contributed by atoms with E-state index in [2.05, 4.69) is 22.1 Å². The Morgan fingerprint density at radius 2 is 1.93 bits per heavy atom. The topological polar surface area (TPSA) is 50.5 Å². The number of aliphatic hydroxyl groups is 1. The number of rotatable bonds is 4. The Bertz CT molecular complexity index is 804. The van der Waals surface area contributed by atoms with Gasteiger partial charge in [0.25, 0.3) is 0 Å². The molecule has 0 spiro atoms. The Labute approximate surface area is 160 Å². The van der Waals surface area contributed by atoms with Gasteiger partial charge in [-0.1, -0.05) is 6.07 Å². The summed E-state index contributed by atoms with van der Waals surface area (Å²) in [6, 6.07) is 6.71. The quantitative estimate of drug-likeness (QED) is 0.903. The molecule has 1 aromatic carbocycles. The van der Waals surface area contributed by atoms with Crippen molar-refractivity contribution in [2.45, 2.75) is 50.8 Å². The van der Waals surface area contributed by atoms with E-state index < -0.39 is 0 Å². The molecule has 2 heterocycles. The van der Waals surface area contributed by atoms with Crippen LogP contribution in [0.5, 0.6) is 5.75 Å². The van der Waals surface area contributed by atoms with Crippen LogP contribution in [0, 0.1) is 11.8 Å². The first-order valence-corrected chi connectivity index (χ1v) is 10.3. The van der Waals surface area contributed by atoms with E-state index in [4.69, 9.17) is 4.74 Å². The lowest BCUT2D eigenvalue weighted by Crippen LogP contribution is -2.36. The molecule has 3 aliphatic rings. The third kappa shape index (κ3) is 3.17. The molecule has 0 bridgehead atoms. The molecule has 4 atom stereocenters. The zero-order valence-electron chi connectivity index (χ0n) is 16.1. The number of benzene rings is 1. The number of aryl methyl sites for hydroxylation is 2. The predicted molar refractivity (Wildman–Crippen MR) is 104 cm³/mol. The highest BCUT2D eigenvalue weighted by atomic mass is 16.5. The molecule has 5 nitrogen and oxygen atoms in total. The number of hydrogen-bond donors (Lipinski definition) is 1. The largest absolute Gasteiger partial charge is 0.496 e. The zero-order chi connectivity index (χ0) is 18.4. The maximum atomic E-state index is 10.7. The molecule has 1 saturated carbocycles. The first kappa shape index (κ1) is 17.3. The van der Waals surface area contributed by atoms with Crippen LogP contribution in [0.4, 0.5) is 0 Å². The average Bonchev–Trinajstić information content (AvgIpc) is 3.40. The van der Waals surface area contributed by atoms with Gasteiger partial charge in [-0.15, -0.1) is 0 Å². The maximum absolute atomic E-state index is 10.7. The van der Waals surface area contributed by atoms with Crippen LogP contribution in [0.1, 0.15) is 42.0 Å². The van der Waals surface area contributed by atoms with Crippen molar-refractivity contribution >= 4 is 0 Å². The highest BCUT2D eigenvalue weighted by molar-refractivity contribution is 5.44. The second-order valence-electron chi connectivity index (χ2n) is 8.59. The summed E-state index contributed by atoms with van der Waals surface area (Å²) in [5.41, 5.74) is 4.30. The van der Waals surface area contributed by atoms with Crippen molar-refractivity contribution in [3.05, 3.63) is 47.3 Å². The molecule has 1 N–H and O–H groups in total. The Morgan fingerprint density at radius 1 is 1.15 bits per heavy atom. The van der Waals surface area contributed by atoms with Crippen molar-refractivity contribution in [1.82, 2.24) is 14.7 Å². The Balaban J connectivity index is 1.30. The summed E-state index contributed by atoms with van der Waals surface area (Å²) in [7, 11) is 1.79. The summed E-state index contributed by atoms with van der Waals surface area (Å²) in [4.78, 5) is 2.56. The predicted octanol–water partition coefficient (Wildman–Crippen LogP) is 2.82. The van der Waals surface area contributed by atoms with Gasteiger partial charge in [0.15, 0.2) is 0 Å². The smallest absolute Gasteiger partial charge is 0.123 e. The Hall–Kier alpha value is -1.85. The number of likely N-dealkylation sites (tertiary alicyclic amines) is 1. The Morgan fingerprint density at radius 3 is 2.67 bits per heavy atom. The first-order chi connectivity index (χ1) is 13.2. The highest BCUT2D eigenvalue weighted by Gasteiger charge is 2.42. The summed E-state index contributed by atoms with van der Waals surface area (Å²) in [6.45, 7) is 3.13. The molecule has 0 radical (unpaired) electrons. The molecule has 27 heavy (non-hydrogen) atoms. The summed E-state index contributed by atoms with van der Waals surface area (Å²) in [5.74, 6) is 2.27. The number of aliphatic hydroxyl groups excluding tert-OH is 1. The normalized spacial score (nSPS) is 30.3. The molecule has 1 aliphatic heterocycles.